The molecule has 0 aromatic carbocycles. The van der Waals surface area contributed by atoms with Gasteiger partial charge in [-0.2, -0.15) is 5.10 Å². The summed E-state index contributed by atoms with van der Waals surface area (Å²) in [5.41, 5.74) is 3.00. The van der Waals surface area contributed by atoms with Crippen LogP contribution in [0.3, 0.4) is 0 Å². The minimum atomic E-state index is -0.206. The van der Waals surface area contributed by atoms with Gasteiger partial charge in [0.15, 0.2) is 5.65 Å². The summed E-state index contributed by atoms with van der Waals surface area (Å²) in [5.74, 6) is 0.174. The summed E-state index contributed by atoms with van der Waals surface area (Å²) < 4.78 is 1.94. The highest BCUT2D eigenvalue weighted by molar-refractivity contribution is 7.09. The number of nitrogens with zero attached hydrogens (tertiary/aromatic N) is 3. The molecular formula is C21H28N4OS. The van der Waals surface area contributed by atoms with E-state index >= 15 is 0 Å². The molecule has 0 aliphatic carbocycles. The number of nitrogens with one attached hydrogen (secondary N) is 1. The molecule has 3 heterocycles. The number of amides is 1. The maximum Gasteiger partial charge on any atom is 0.252 e. The molecule has 6 heteroatoms. The van der Waals surface area contributed by atoms with Crippen LogP contribution in [0.4, 0.5) is 0 Å². The van der Waals surface area contributed by atoms with Crippen LogP contribution in [0.1, 0.15) is 67.2 Å². The minimum Gasteiger partial charge on any atom is -0.352 e. The molecular weight excluding hydrogens is 356 g/mol. The molecule has 0 fully saturated rings. The lowest BCUT2D eigenvalue weighted by Crippen LogP contribution is -2.26. The van der Waals surface area contributed by atoms with E-state index in [2.05, 4.69) is 51.4 Å². The quantitative estimate of drug-likeness (QED) is 0.696. The van der Waals surface area contributed by atoms with Crippen molar-refractivity contribution in [3.63, 3.8) is 0 Å². The summed E-state index contributed by atoms with van der Waals surface area (Å²) in [4.78, 5) is 19.1. The largest absolute Gasteiger partial charge is 0.352 e. The average molecular weight is 385 g/mol. The highest BCUT2D eigenvalue weighted by Gasteiger charge is 2.25. The highest BCUT2D eigenvalue weighted by atomic mass is 32.1. The van der Waals surface area contributed by atoms with Crippen LogP contribution < -0.4 is 5.32 Å². The van der Waals surface area contributed by atoms with Crippen LogP contribution in [0.5, 0.6) is 0 Å². The van der Waals surface area contributed by atoms with E-state index in [0.29, 0.717) is 12.1 Å². The number of carbonyl (C=O) groups is 1. The van der Waals surface area contributed by atoms with Gasteiger partial charge >= 0.3 is 0 Å². The fraction of sp³-hybridized carbons (Fsp3) is 0.476. The van der Waals surface area contributed by atoms with Crippen molar-refractivity contribution in [2.24, 2.45) is 0 Å². The van der Waals surface area contributed by atoms with Gasteiger partial charge in [-0.05, 0) is 57.5 Å². The Bertz CT molecular complexity index is 949. The van der Waals surface area contributed by atoms with E-state index in [0.717, 1.165) is 28.8 Å². The first-order valence-electron chi connectivity index (χ1n) is 9.40. The van der Waals surface area contributed by atoms with Crippen LogP contribution in [0.2, 0.25) is 0 Å². The van der Waals surface area contributed by atoms with Crippen LogP contribution in [0, 0.1) is 6.92 Å². The molecule has 0 saturated heterocycles. The Labute approximate surface area is 164 Å². The topological polar surface area (TPSA) is 59.8 Å². The maximum absolute atomic E-state index is 13.0. The number of aryl methyl sites for hydroxylation is 1. The number of fused-ring (bicyclic) bond motifs is 1. The smallest absolute Gasteiger partial charge is 0.252 e. The van der Waals surface area contributed by atoms with Gasteiger partial charge in [0.2, 0.25) is 0 Å². The second-order valence-electron chi connectivity index (χ2n) is 8.20. The van der Waals surface area contributed by atoms with Crippen molar-refractivity contribution in [1.29, 1.82) is 0 Å². The van der Waals surface area contributed by atoms with Gasteiger partial charge in [0.1, 0.15) is 0 Å². The average Bonchev–Trinajstić information content (AvgIpc) is 3.21. The molecule has 1 N–H and O–H groups in total. The molecule has 27 heavy (non-hydrogen) atoms. The zero-order valence-electron chi connectivity index (χ0n) is 17.0. The molecule has 1 amide bonds. The lowest BCUT2D eigenvalue weighted by atomic mass is 10.0. The Morgan fingerprint density at radius 1 is 1.33 bits per heavy atom. The second kappa shape index (κ2) is 7.43. The van der Waals surface area contributed by atoms with E-state index in [4.69, 9.17) is 10.1 Å². The van der Waals surface area contributed by atoms with Gasteiger partial charge < -0.3 is 5.32 Å². The van der Waals surface area contributed by atoms with Crippen molar-refractivity contribution in [3.8, 4) is 0 Å². The molecule has 3 rings (SSSR count). The van der Waals surface area contributed by atoms with Gasteiger partial charge in [0.05, 0.1) is 22.2 Å². The zero-order valence-corrected chi connectivity index (χ0v) is 17.8. The van der Waals surface area contributed by atoms with Crippen molar-refractivity contribution in [3.05, 3.63) is 45.4 Å². The lowest BCUT2D eigenvalue weighted by Gasteiger charge is -2.20. The number of thiophene rings is 1. The van der Waals surface area contributed by atoms with Crippen molar-refractivity contribution in [2.75, 3.05) is 6.54 Å². The van der Waals surface area contributed by atoms with Gasteiger partial charge in [-0.1, -0.05) is 19.9 Å². The zero-order chi connectivity index (χ0) is 19.8. The third-order valence-corrected chi connectivity index (χ3v) is 5.48. The van der Waals surface area contributed by atoms with E-state index in [1.165, 1.54) is 4.88 Å². The molecule has 3 aromatic rings. The number of hydrogen-bond acceptors (Lipinski definition) is 4. The molecule has 0 bridgehead atoms. The summed E-state index contributed by atoms with van der Waals surface area (Å²) in [6, 6.07) is 6.05. The Morgan fingerprint density at radius 3 is 2.67 bits per heavy atom. The molecule has 0 radical (unpaired) electrons. The summed E-state index contributed by atoms with van der Waals surface area (Å²) in [7, 11) is 0. The summed E-state index contributed by atoms with van der Waals surface area (Å²) >= 11 is 1.71. The van der Waals surface area contributed by atoms with Crippen molar-refractivity contribution in [1.82, 2.24) is 20.1 Å². The van der Waals surface area contributed by atoms with Crippen molar-refractivity contribution in [2.45, 2.75) is 59.4 Å². The Kier molecular flexibility index (Phi) is 5.38. The predicted molar refractivity (Wildman–Crippen MR) is 112 cm³/mol. The van der Waals surface area contributed by atoms with E-state index in [1.54, 1.807) is 11.3 Å². The molecule has 0 aliphatic rings. The fourth-order valence-electron chi connectivity index (χ4n) is 3.10. The highest BCUT2D eigenvalue weighted by Crippen LogP contribution is 2.28. The van der Waals surface area contributed by atoms with Crippen LogP contribution in [0.15, 0.2) is 23.6 Å². The lowest BCUT2D eigenvalue weighted by molar-refractivity contribution is 0.0955. The maximum atomic E-state index is 13.0. The van der Waals surface area contributed by atoms with Crippen LogP contribution in [0.25, 0.3) is 11.0 Å². The van der Waals surface area contributed by atoms with Gasteiger partial charge in [0, 0.05) is 17.1 Å². The van der Waals surface area contributed by atoms with Gasteiger partial charge in [-0.15, -0.1) is 11.3 Å². The minimum absolute atomic E-state index is 0.0579. The number of aromatic nitrogens is 3. The molecule has 5 nitrogen and oxygen atoms in total. The molecule has 0 atom stereocenters. The van der Waals surface area contributed by atoms with Crippen molar-refractivity contribution >= 4 is 28.3 Å². The van der Waals surface area contributed by atoms with Crippen LogP contribution >= 0.6 is 11.3 Å². The standard InChI is InChI=1S/C21H28N4OS/c1-13(2)17-12-16(20(26)22-10-9-15-8-7-11-27-15)18-14(3)24-25(19(18)23-17)21(4,5)6/h7-8,11-13H,9-10H2,1-6H3,(H,22,26). The Morgan fingerprint density at radius 2 is 2.07 bits per heavy atom. The Balaban J connectivity index is 2.00. The molecule has 0 aliphatic heterocycles. The van der Waals surface area contributed by atoms with Crippen LogP contribution in [-0.2, 0) is 12.0 Å². The Hall–Kier alpha value is -2.21. The van der Waals surface area contributed by atoms with E-state index in [9.17, 15) is 4.79 Å². The normalized spacial score (nSPS) is 12.1. The molecule has 0 saturated carbocycles. The summed E-state index contributed by atoms with van der Waals surface area (Å²) in [6.07, 6.45) is 0.842. The molecule has 3 aromatic heterocycles. The van der Waals surface area contributed by atoms with Gasteiger partial charge in [0.25, 0.3) is 5.91 Å². The summed E-state index contributed by atoms with van der Waals surface area (Å²) in [5, 5.41) is 10.7. The third kappa shape index (κ3) is 4.05. The predicted octanol–water partition coefficient (Wildman–Crippen LogP) is 4.65. The second-order valence-corrected chi connectivity index (χ2v) is 9.23. The molecule has 0 spiro atoms. The first-order valence-corrected chi connectivity index (χ1v) is 10.3. The fourth-order valence-corrected chi connectivity index (χ4v) is 3.81. The van der Waals surface area contributed by atoms with E-state index in [1.807, 2.05) is 23.7 Å². The number of pyridine rings is 1. The van der Waals surface area contributed by atoms with Crippen LogP contribution in [-0.4, -0.2) is 27.2 Å². The number of hydrogen-bond donors (Lipinski definition) is 1. The van der Waals surface area contributed by atoms with E-state index < -0.39 is 0 Å². The monoisotopic (exact) mass is 384 g/mol. The SMILES string of the molecule is Cc1nn(C(C)(C)C)c2nc(C(C)C)cc(C(=O)NCCc3cccs3)c12. The number of carbonyl (C=O) groups excluding carboxylic acids is 1. The van der Waals surface area contributed by atoms with Gasteiger partial charge in [-0.25, -0.2) is 9.67 Å². The van der Waals surface area contributed by atoms with E-state index in [-0.39, 0.29) is 17.4 Å². The molecule has 144 valence electrons. The van der Waals surface area contributed by atoms with Crippen molar-refractivity contribution < 1.29 is 4.79 Å². The number of rotatable bonds is 5. The van der Waals surface area contributed by atoms with Gasteiger partial charge in [-0.3, -0.25) is 4.79 Å². The molecule has 0 unspecified atom stereocenters. The first kappa shape index (κ1) is 19.5. The summed E-state index contributed by atoms with van der Waals surface area (Å²) in [6.45, 7) is 13.1. The first-order chi connectivity index (χ1) is 12.7. The third-order valence-electron chi connectivity index (χ3n) is 4.54.